The van der Waals surface area contributed by atoms with Gasteiger partial charge in [-0.15, -0.1) is 0 Å². The molecule has 3 rings (SSSR count). The first-order valence-corrected chi connectivity index (χ1v) is 7.91. The first-order chi connectivity index (χ1) is 11.8. The van der Waals surface area contributed by atoms with E-state index in [0.717, 1.165) is 11.4 Å². The number of para-hydroxylation sites is 3. The smallest absolute Gasteiger partial charge is 0.272 e. The molecule has 1 atom stereocenters. The van der Waals surface area contributed by atoms with E-state index in [-0.39, 0.29) is 5.91 Å². The summed E-state index contributed by atoms with van der Waals surface area (Å²) in [6.07, 6.45) is -0.604. The van der Waals surface area contributed by atoms with Gasteiger partial charge in [0.25, 0.3) is 5.91 Å². The van der Waals surface area contributed by atoms with Gasteiger partial charge in [0, 0.05) is 11.4 Å². The lowest BCUT2D eigenvalue weighted by molar-refractivity contribution is -0.123. The standard InChI is InChI=1S/C21H19NO2/c1-17(24-20-15-9-4-10-16-20)21(23)22(18-11-5-2-6-12-18)19-13-7-3-8-14-19/h2-17H,1H3. The van der Waals surface area contributed by atoms with Crippen molar-refractivity contribution >= 4 is 17.3 Å². The van der Waals surface area contributed by atoms with E-state index in [0.29, 0.717) is 5.75 Å². The monoisotopic (exact) mass is 317 g/mol. The summed E-state index contributed by atoms with van der Waals surface area (Å²) in [6.45, 7) is 1.77. The van der Waals surface area contributed by atoms with E-state index in [1.807, 2.05) is 91.0 Å². The third-order valence-corrected chi connectivity index (χ3v) is 3.65. The summed E-state index contributed by atoms with van der Waals surface area (Å²) in [5, 5.41) is 0. The van der Waals surface area contributed by atoms with Gasteiger partial charge in [0.15, 0.2) is 6.10 Å². The fraction of sp³-hybridized carbons (Fsp3) is 0.0952. The lowest BCUT2D eigenvalue weighted by Gasteiger charge is -2.26. The van der Waals surface area contributed by atoms with Crippen molar-refractivity contribution in [2.75, 3.05) is 4.90 Å². The van der Waals surface area contributed by atoms with Gasteiger partial charge in [0.2, 0.25) is 0 Å². The van der Waals surface area contributed by atoms with Crippen LogP contribution in [0.5, 0.6) is 5.75 Å². The van der Waals surface area contributed by atoms with Crippen LogP contribution in [0.15, 0.2) is 91.0 Å². The zero-order valence-corrected chi connectivity index (χ0v) is 13.5. The van der Waals surface area contributed by atoms with Gasteiger partial charge in [-0.2, -0.15) is 0 Å². The molecule has 0 N–H and O–H groups in total. The maximum Gasteiger partial charge on any atom is 0.272 e. The first kappa shape index (κ1) is 15.8. The Labute approximate surface area is 142 Å². The van der Waals surface area contributed by atoms with Crippen molar-refractivity contribution in [3.8, 4) is 5.75 Å². The predicted molar refractivity (Wildman–Crippen MR) is 96.6 cm³/mol. The number of nitrogens with zero attached hydrogens (tertiary/aromatic N) is 1. The van der Waals surface area contributed by atoms with E-state index < -0.39 is 6.10 Å². The largest absolute Gasteiger partial charge is 0.481 e. The minimum absolute atomic E-state index is 0.115. The molecule has 3 aromatic carbocycles. The lowest BCUT2D eigenvalue weighted by Crippen LogP contribution is -2.37. The number of anilines is 2. The zero-order chi connectivity index (χ0) is 16.8. The van der Waals surface area contributed by atoms with E-state index in [4.69, 9.17) is 4.74 Å². The fourth-order valence-electron chi connectivity index (χ4n) is 2.49. The molecule has 0 spiro atoms. The van der Waals surface area contributed by atoms with E-state index in [9.17, 15) is 4.79 Å². The van der Waals surface area contributed by atoms with Gasteiger partial charge >= 0.3 is 0 Å². The SMILES string of the molecule is CC(Oc1ccccc1)C(=O)N(c1ccccc1)c1ccccc1. The average molecular weight is 317 g/mol. The van der Waals surface area contributed by atoms with Gasteiger partial charge in [-0.25, -0.2) is 0 Å². The average Bonchev–Trinajstić information content (AvgIpc) is 2.64. The molecular weight excluding hydrogens is 298 g/mol. The van der Waals surface area contributed by atoms with Gasteiger partial charge < -0.3 is 4.74 Å². The molecule has 1 unspecified atom stereocenters. The number of rotatable bonds is 5. The highest BCUT2D eigenvalue weighted by Gasteiger charge is 2.24. The summed E-state index contributed by atoms with van der Waals surface area (Å²) in [7, 11) is 0. The number of carbonyl (C=O) groups excluding carboxylic acids is 1. The Hall–Kier alpha value is -3.07. The second-order valence-electron chi connectivity index (χ2n) is 5.42. The zero-order valence-electron chi connectivity index (χ0n) is 13.5. The topological polar surface area (TPSA) is 29.5 Å². The van der Waals surface area contributed by atoms with Gasteiger partial charge in [-0.3, -0.25) is 9.69 Å². The molecule has 0 radical (unpaired) electrons. The Bertz CT molecular complexity index is 733. The first-order valence-electron chi connectivity index (χ1n) is 7.91. The summed E-state index contributed by atoms with van der Waals surface area (Å²) >= 11 is 0. The molecule has 24 heavy (non-hydrogen) atoms. The second kappa shape index (κ2) is 7.47. The van der Waals surface area contributed by atoms with E-state index in [2.05, 4.69) is 0 Å². The van der Waals surface area contributed by atoms with Gasteiger partial charge in [-0.05, 0) is 43.3 Å². The van der Waals surface area contributed by atoms with E-state index >= 15 is 0 Å². The normalized spacial score (nSPS) is 11.5. The molecule has 0 heterocycles. The van der Waals surface area contributed by atoms with Crippen molar-refractivity contribution in [3.63, 3.8) is 0 Å². The molecule has 1 amide bonds. The number of benzene rings is 3. The Balaban J connectivity index is 1.89. The third kappa shape index (κ3) is 3.63. The Morgan fingerprint density at radius 1 is 0.750 bits per heavy atom. The van der Waals surface area contributed by atoms with Crippen LogP contribution in [0.3, 0.4) is 0 Å². The van der Waals surface area contributed by atoms with E-state index in [1.165, 1.54) is 0 Å². The summed E-state index contributed by atoms with van der Waals surface area (Å²) in [6, 6.07) is 28.6. The van der Waals surface area contributed by atoms with Crippen LogP contribution < -0.4 is 9.64 Å². The quantitative estimate of drug-likeness (QED) is 0.675. The molecule has 120 valence electrons. The number of amides is 1. The molecule has 3 heteroatoms. The Kier molecular flexibility index (Phi) is 4.92. The fourth-order valence-corrected chi connectivity index (χ4v) is 2.49. The molecule has 0 aliphatic rings. The van der Waals surface area contributed by atoms with Crippen LogP contribution in [-0.2, 0) is 4.79 Å². The molecule has 0 aliphatic carbocycles. The predicted octanol–water partition coefficient (Wildman–Crippen LogP) is 4.82. The minimum Gasteiger partial charge on any atom is -0.481 e. The molecule has 0 aromatic heterocycles. The van der Waals surface area contributed by atoms with Gasteiger partial charge in [-0.1, -0.05) is 54.6 Å². The molecule has 0 bridgehead atoms. The highest BCUT2D eigenvalue weighted by molar-refractivity contribution is 6.03. The summed E-state index contributed by atoms with van der Waals surface area (Å²) < 4.78 is 5.81. The molecular formula is C21H19NO2. The summed E-state index contributed by atoms with van der Waals surface area (Å²) in [5.74, 6) is 0.565. The molecule has 0 saturated carbocycles. The summed E-state index contributed by atoms with van der Waals surface area (Å²) in [5.41, 5.74) is 1.63. The minimum atomic E-state index is -0.604. The Morgan fingerprint density at radius 2 is 1.17 bits per heavy atom. The van der Waals surface area contributed by atoms with Gasteiger partial charge in [0.1, 0.15) is 5.75 Å². The van der Waals surface area contributed by atoms with E-state index in [1.54, 1.807) is 11.8 Å². The maximum absolute atomic E-state index is 13.0. The number of carbonyl (C=O) groups is 1. The molecule has 3 aromatic rings. The lowest BCUT2D eigenvalue weighted by atomic mass is 10.2. The van der Waals surface area contributed by atoms with Crippen LogP contribution in [-0.4, -0.2) is 12.0 Å². The molecule has 0 saturated heterocycles. The highest BCUT2D eigenvalue weighted by Crippen LogP contribution is 2.26. The van der Waals surface area contributed by atoms with Crippen LogP contribution in [0.1, 0.15) is 6.92 Å². The van der Waals surface area contributed by atoms with Crippen LogP contribution in [0, 0.1) is 0 Å². The van der Waals surface area contributed by atoms with Crippen LogP contribution in [0.4, 0.5) is 11.4 Å². The maximum atomic E-state index is 13.0. The third-order valence-electron chi connectivity index (χ3n) is 3.65. The number of hydrogen-bond acceptors (Lipinski definition) is 2. The number of hydrogen-bond donors (Lipinski definition) is 0. The van der Waals surface area contributed by atoms with Crippen LogP contribution >= 0.6 is 0 Å². The summed E-state index contributed by atoms with van der Waals surface area (Å²) in [4.78, 5) is 14.7. The van der Waals surface area contributed by atoms with Crippen molar-refractivity contribution in [1.82, 2.24) is 0 Å². The second-order valence-corrected chi connectivity index (χ2v) is 5.42. The van der Waals surface area contributed by atoms with Crippen LogP contribution in [0.25, 0.3) is 0 Å². The molecule has 3 nitrogen and oxygen atoms in total. The van der Waals surface area contributed by atoms with Crippen molar-refractivity contribution in [1.29, 1.82) is 0 Å². The van der Waals surface area contributed by atoms with Gasteiger partial charge in [0.05, 0.1) is 0 Å². The Morgan fingerprint density at radius 3 is 1.62 bits per heavy atom. The molecule has 0 fully saturated rings. The van der Waals surface area contributed by atoms with Crippen molar-refractivity contribution < 1.29 is 9.53 Å². The van der Waals surface area contributed by atoms with Crippen molar-refractivity contribution in [2.45, 2.75) is 13.0 Å². The van der Waals surface area contributed by atoms with Crippen molar-refractivity contribution in [3.05, 3.63) is 91.0 Å². The number of ether oxygens (including phenoxy) is 1. The van der Waals surface area contributed by atoms with Crippen molar-refractivity contribution in [2.24, 2.45) is 0 Å². The highest BCUT2D eigenvalue weighted by atomic mass is 16.5. The van der Waals surface area contributed by atoms with Crippen LogP contribution in [0.2, 0.25) is 0 Å². The molecule has 0 aliphatic heterocycles.